The van der Waals surface area contributed by atoms with E-state index in [0.717, 1.165) is 12.8 Å². The summed E-state index contributed by atoms with van der Waals surface area (Å²) in [6.45, 7) is 3.70. The Hall–Kier alpha value is -0.920. The maximum absolute atomic E-state index is 12.2. The Balaban J connectivity index is 2.24. The standard InChI is InChI=1S/C10H18N4O2S/c1-6-10(7(2)13-12-6)17(15,16)14-9(5-11)8-3-4-8/h8-9,14H,3-5,11H2,1-2H3,(H,12,13). The molecule has 1 aliphatic rings. The van der Waals surface area contributed by atoms with Gasteiger partial charge in [0.2, 0.25) is 10.0 Å². The molecule has 0 spiro atoms. The van der Waals surface area contributed by atoms with Crippen molar-refractivity contribution in [3.8, 4) is 0 Å². The van der Waals surface area contributed by atoms with Crippen LogP contribution >= 0.6 is 0 Å². The van der Waals surface area contributed by atoms with Crippen molar-refractivity contribution in [1.29, 1.82) is 0 Å². The first-order valence-corrected chi connectivity index (χ1v) is 7.18. The fourth-order valence-corrected chi connectivity index (χ4v) is 3.72. The first-order valence-electron chi connectivity index (χ1n) is 5.69. The summed E-state index contributed by atoms with van der Waals surface area (Å²) in [5.41, 5.74) is 6.64. The Bertz CT molecular complexity index is 485. The molecule has 96 valence electrons. The average molecular weight is 258 g/mol. The second kappa shape index (κ2) is 4.40. The molecular weight excluding hydrogens is 240 g/mol. The third kappa shape index (κ3) is 2.51. The smallest absolute Gasteiger partial charge is 0.244 e. The van der Waals surface area contributed by atoms with Crippen LogP contribution in [0.15, 0.2) is 4.90 Å². The Morgan fingerprint density at radius 3 is 2.59 bits per heavy atom. The minimum atomic E-state index is -3.52. The SMILES string of the molecule is Cc1n[nH]c(C)c1S(=O)(=O)NC(CN)C1CC1. The highest BCUT2D eigenvalue weighted by molar-refractivity contribution is 7.89. The molecule has 1 fully saturated rings. The van der Waals surface area contributed by atoms with Crippen LogP contribution in [0.1, 0.15) is 24.2 Å². The zero-order valence-corrected chi connectivity index (χ0v) is 10.8. The molecule has 6 nitrogen and oxygen atoms in total. The number of aryl methyl sites for hydroxylation is 2. The van der Waals surface area contributed by atoms with Gasteiger partial charge in [-0.3, -0.25) is 5.10 Å². The van der Waals surface area contributed by atoms with Crippen molar-refractivity contribution in [2.75, 3.05) is 6.54 Å². The molecule has 0 aromatic carbocycles. The van der Waals surface area contributed by atoms with Crippen LogP contribution in [0, 0.1) is 19.8 Å². The van der Waals surface area contributed by atoms with E-state index in [1.807, 2.05) is 0 Å². The van der Waals surface area contributed by atoms with E-state index in [-0.39, 0.29) is 10.9 Å². The van der Waals surface area contributed by atoms with Gasteiger partial charge in [-0.1, -0.05) is 0 Å². The van der Waals surface area contributed by atoms with Crippen LogP contribution in [0.4, 0.5) is 0 Å². The van der Waals surface area contributed by atoms with E-state index in [2.05, 4.69) is 14.9 Å². The summed E-state index contributed by atoms with van der Waals surface area (Å²) in [5.74, 6) is 0.391. The molecule has 1 aliphatic carbocycles. The number of sulfonamides is 1. The van der Waals surface area contributed by atoms with Gasteiger partial charge in [0.05, 0.1) is 11.4 Å². The first kappa shape index (κ1) is 12.5. The van der Waals surface area contributed by atoms with Crippen LogP contribution < -0.4 is 10.5 Å². The second-order valence-corrected chi connectivity index (χ2v) is 6.21. The molecule has 2 rings (SSSR count). The quantitative estimate of drug-likeness (QED) is 0.694. The molecule has 7 heteroatoms. The van der Waals surface area contributed by atoms with E-state index in [0.29, 0.717) is 23.9 Å². The fourth-order valence-electron chi connectivity index (χ4n) is 2.03. The van der Waals surface area contributed by atoms with Crippen molar-refractivity contribution in [3.63, 3.8) is 0 Å². The van der Waals surface area contributed by atoms with Crippen molar-refractivity contribution < 1.29 is 8.42 Å². The molecule has 1 atom stereocenters. The summed E-state index contributed by atoms with van der Waals surface area (Å²) in [6.07, 6.45) is 2.10. The highest BCUT2D eigenvalue weighted by Crippen LogP contribution is 2.33. The maximum Gasteiger partial charge on any atom is 0.244 e. The molecule has 0 amide bonds. The third-order valence-electron chi connectivity index (χ3n) is 3.08. The lowest BCUT2D eigenvalue weighted by atomic mass is 10.2. The van der Waals surface area contributed by atoms with E-state index in [9.17, 15) is 8.42 Å². The van der Waals surface area contributed by atoms with E-state index in [4.69, 9.17) is 5.73 Å². The van der Waals surface area contributed by atoms with E-state index in [1.165, 1.54) is 0 Å². The van der Waals surface area contributed by atoms with E-state index >= 15 is 0 Å². The monoisotopic (exact) mass is 258 g/mol. The summed E-state index contributed by atoms with van der Waals surface area (Å²) in [6, 6.07) is -0.159. The van der Waals surface area contributed by atoms with Crippen molar-refractivity contribution in [1.82, 2.24) is 14.9 Å². The fraction of sp³-hybridized carbons (Fsp3) is 0.700. The normalized spacial score (nSPS) is 18.3. The highest BCUT2D eigenvalue weighted by atomic mass is 32.2. The second-order valence-electron chi connectivity index (χ2n) is 4.56. The van der Waals surface area contributed by atoms with Gasteiger partial charge in [0.25, 0.3) is 0 Å². The molecule has 1 heterocycles. The Labute approximate surface area is 101 Å². The van der Waals surface area contributed by atoms with Gasteiger partial charge in [-0.05, 0) is 32.6 Å². The van der Waals surface area contributed by atoms with Crippen LogP contribution in [-0.4, -0.2) is 31.2 Å². The zero-order chi connectivity index (χ0) is 12.6. The van der Waals surface area contributed by atoms with Gasteiger partial charge in [-0.25, -0.2) is 13.1 Å². The number of nitrogens with one attached hydrogen (secondary N) is 2. The molecule has 1 aromatic rings. The molecule has 0 saturated heterocycles. The molecule has 1 saturated carbocycles. The average Bonchev–Trinajstić information content (AvgIpc) is 3.02. The van der Waals surface area contributed by atoms with E-state index < -0.39 is 10.0 Å². The van der Waals surface area contributed by atoms with Crippen LogP contribution in [0.2, 0.25) is 0 Å². The van der Waals surface area contributed by atoms with Gasteiger partial charge in [0.1, 0.15) is 4.90 Å². The number of aromatic nitrogens is 2. The molecule has 17 heavy (non-hydrogen) atoms. The summed E-state index contributed by atoms with van der Waals surface area (Å²) >= 11 is 0. The van der Waals surface area contributed by atoms with Gasteiger partial charge in [-0.2, -0.15) is 5.10 Å². The third-order valence-corrected chi connectivity index (χ3v) is 4.83. The number of hydrogen-bond donors (Lipinski definition) is 3. The molecule has 0 aliphatic heterocycles. The number of hydrogen-bond acceptors (Lipinski definition) is 4. The lowest BCUT2D eigenvalue weighted by molar-refractivity contribution is 0.518. The summed E-state index contributed by atoms with van der Waals surface area (Å²) < 4.78 is 27.1. The predicted molar refractivity (Wildman–Crippen MR) is 63.9 cm³/mol. The Morgan fingerprint density at radius 1 is 1.53 bits per heavy atom. The van der Waals surface area contributed by atoms with Crippen LogP contribution in [0.5, 0.6) is 0 Å². The van der Waals surface area contributed by atoms with Gasteiger partial charge in [0, 0.05) is 12.6 Å². The van der Waals surface area contributed by atoms with Crippen molar-refractivity contribution in [2.45, 2.75) is 37.6 Å². The Kier molecular flexibility index (Phi) is 3.24. The summed E-state index contributed by atoms with van der Waals surface area (Å²) in [5, 5.41) is 6.58. The topological polar surface area (TPSA) is 101 Å². The first-order chi connectivity index (χ1) is 7.95. The van der Waals surface area contributed by atoms with E-state index in [1.54, 1.807) is 13.8 Å². The number of nitrogens with zero attached hydrogens (tertiary/aromatic N) is 1. The number of rotatable bonds is 5. The van der Waals surface area contributed by atoms with Gasteiger partial charge >= 0.3 is 0 Å². The van der Waals surface area contributed by atoms with Crippen LogP contribution in [0.3, 0.4) is 0 Å². The largest absolute Gasteiger partial charge is 0.329 e. The van der Waals surface area contributed by atoms with Crippen molar-refractivity contribution in [2.24, 2.45) is 11.7 Å². The predicted octanol–water partition coefficient (Wildman–Crippen LogP) is 0.0421. The number of H-pyrrole nitrogens is 1. The molecule has 0 bridgehead atoms. The van der Waals surface area contributed by atoms with Gasteiger partial charge < -0.3 is 5.73 Å². The molecular formula is C10H18N4O2S. The minimum Gasteiger partial charge on any atom is -0.329 e. The molecule has 0 radical (unpaired) electrons. The highest BCUT2D eigenvalue weighted by Gasteiger charge is 2.34. The number of nitrogens with two attached hydrogens (primary N) is 1. The summed E-state index contributed by atoms with van der Waals surface area (Å²) in [4.78, 5) is 0.247. The van der Waals surface area contributed by atoms with Gasteiger partial charge in [0.15, 0.2) is 0 Å². The number of aromatic amines is 1. The molecule has 1 aromatic heterocycles. The summed E-state index contributed by atoms with van der Waals surface area (Å²) in [7, 11) is -3.52. The maximum atomic E-state index is 12.2. The molecule has 1 unspecified atom stereocenters. The zero-order valence-electron chi connectivity index (χ0n) is 10.0. The lowest BCUT2D eigenvalue weighted by Gasteiger charge is -2.16. The lowest BCUT2D eigenvalue weighted by Crippen LogP contribution is -2.41. The van der Waals surface area contributed by atoms with Crippen molar-refractivity contribution >= 4 is 10.0 Å². The van der Waals surface area contributed by atoms with Crippen molar-refractivity contribution in [3.05, 3.63) is 11.4 Å². The van der Waals surface area contributed by atoms with Gasteiger partial charge in [-0.15, -0.1) is 0 Å². The van der Waals surface area contributed by atoms with Crippen LogP contribution in [0.25, 0.3) is 0 Å². The minimum absolute atomic E-state index is 0.159. The Morgan fingerprint density at radius 2 is 2.18 bits per heavy atom. The molecule has 4 N–H and O–H groups in total. The van der Waals surface area contributed by atoms with Crippen LogP contribution in [-0.2, 0) is 10.0 Å².